The minimum Gasteiger partial charge on any atom is -0.479 e. The number of anilines is 1. The molecule has 8 heteroatoms. The monoisotopic (exact) mass is 441 g/mol. The molecular formula is C18H20BrNO5S. The summed E-state index contributed by atoms with van der Waals surface area (Å²) >= 11 is 4.66. The third kappa shape index (κ3) is 4.98. The Balaban J connectivity index is 2.33. The van der Waals surface area contributed by atoms with Gasteiger partial charge in [0.1, 0.15) is 5.60 Å². The first kappa shape index (κ1) is 20.3. The van der Waals surface area contributed by atoms with Crippen LogP contribution in [0.25, 0.3) is 10.4 Å². The second-order valence-corrected chi connectivity index (χ2v) is 8.21. The summed E-state index contributed by atoms with van der Waals surface area (Å²) in [5.74, 6) is -0.823. The third-order valence-corrected chi connectivity index (χ3v) is 5.33. The van der Waals surface area contributed by atoms with Gasteiger partial charge in [-0.15, -0.1) is 11.3 Å². The number of hydrogen-bond acceptors (Lipinski definition) is 7. The molecule has 26 heavy (non-hydrogen) atoms. The predicted octanol–water partition coefficient (Wildman–Crippen LogP) is 4.27. The van der Waals surface area contributed by atoms with Crippen LogP contribution in [0.4, 0.5) is 5.69 Å². The van der Waals surface area contributed by atoms with Crippen molar-refractivity contribution >= 4 is 44.9 Å². The molecular weight excluding hydrogens is 422 g/mol. The van der Waals surface area contributed by atoms with Crippen LogP contribution in [0.15, 0.2) is 28.7 Å². The van der Waals surface area contributed by atoms with Crippen LogP contribution in [-0.2, 0) is 14.3 Å². The summed E-state index contributed by atoms with van der Waals surface area (Å²) in [6.45, 7) is 4.98. The smallest absolute Gasteiger partial charge is 0.351 e. The van der Waals surface area contributed by atoms with Crippen LogP contribution in [0.5, 0.6) is 5.75 Å². The fourth-order valence-corrected chi connectivity index (χ4v) is 4.05. The van der Waals surface area contributed by atoms with Crippen molar-refractivity contribution in [2.24, 2.45) is 0 Å². The summed E-state index contributed by atoms with van der Waals surface area (Å²) in [5.41, 5.74) is 6.59. The molecule has 2 aromatic rings. The lowest BCUT2D eigenvalue weighted by molar-refractivity contribution is -0.157. The molecule has 0 bridgehead atoms. The van der Waals surface area contributed by atoms with Crippen LogP contribution in [-0.4, -0.2) is 31.3 Å². The van der Waals surface area contributed by atoms with Gasteiger partial charge in [-0.05, 0) is 54.4 Å². The number of carbonyl (C=O) groups excluding carboxylic acids is 2. The van der Waals surface area contributed by atoms with Gasteiger partial charge in [-0.2, -0.15) is 0 Å². The Kier molecular flexibility index (Phi) is 6.30. The third-order valence-electron chi connectivity index (χ3n) is 3.11. The zero-order valence-electron chi connectivity index (χ0n) is 14.9. The number of nitrogens with two attached hydrogens (primary N) is 1. The van der Waals surface area contributed by atoms with Gasteiger partial charge in [-0.1, -0.05) is 12.1 Å². The van der Waals surface area contributed by atoms with E-state index in [1.807, 2.05) is 12.1 Å². The largest absolute Gasteiger partial charge is 0.479 e. The van der Waals surface area contributed by atoms with E-state index in [2.05, 4.69) is 15.9 Å². The lowest BCUT2D eigenvalue weighted by Crippen LogP contribution is -2.27. The second kappa shape index (κ2) is 8.09. The molecule has 2 N–H and O–H groups in total. The van der Waals surface area contributed by atoms with Crippen molar-refractivity contribution in [3.05, 3.63) is 33.6 Å². The summed E-state index contributed by atoms with van der Waals surface area (Å²) in [6.07, 6.45) is 0. The lowest BCUT2D eigenvalue weighted by atomic mass is 10.2. The molecule has 0 saturated carbocycles. The highest BCUT2D eigenvalue weighted by molar-refractivity contribution is 9.10. The Morgan fingerprint density at radius 3 is 2.35 bits per heavy atom. The second-order valence-electron chi connectivity index (χ2n) is 6.39. The molecule has 0 saturated heterocycles. The number of esters is 2. The molecule has 1 aromatic carbocycles. The Labute approximate surface area is 164 Å². The SMILES string of the molecule is COC(=O)c1sc(-c2ccc(N)cc2)c(Br)c1OCC(=O)OC(C)(C)C. The topological polar surface area (TPSA) is 87.9 Å². The highest BCUT2D eigenvalue weighted by Crippen LogP contribution is 2.46. The maximum atomic E-state index is 12.1. The van der Waals surface area contributed by atoms with Crippen LogP contribution < -0.4 is 10.5 Å². The first-order valence-corrected chi connectivity index (χ1v) is 9.34. The van der Waals surface area contributed by atoms with Crippen LogP contribution in [0.2, 0.25) is 0 Å². The van der Waals surface area contributed by atoms with Crippen molar-refractivity contribution in [2.75, 3.05) is 19.5 Å². The van der Waals surface area contributed by atoms with Crippen LogP contribution >= 0.6 is 27.3 Å². The fourth-order valence-electron chi connectivity index (χ4n) is 2.07. The lowest BCUT2D eigenvalue weighted by Gasteiger charge is -2.19. The van der Waals surface area contributed by atoms with Gasteiger partial charge < -0.3 is 19.9 Å². The number of rotatable bonds is 5. The maximum absolute atomic E-state index is 12.1. The molecule has 0 radical (unpaired) electrons. The predicted molar refractivity (Wildman–Crippen MR) is 105 cm³/mol. The first-order valence-electron chi connectivity index (χ1n) is 7.73. The number of methoxy groups -OCH3 is 1. The van der Waals surface area contributed by atoms with E-state index in [0.29, 0.717) is 10.2 Å². The molecule has 0 atom stereocenters. The Morgan fingerprint density at radius 2 is 1.81 bits per heavy atom. The van der Waals surface area contributed by atoms with Crippen molar-refractivity contribution < 1.29 is 23.8 Å². The van der Waals surface area contributed by atoms with Gasteiger partial charge in [0.05, 0.1) is 16.5 Å². The Morgan fingerprint density at radius 1 is 1.19 bits per heavy atom. The number of thiophene rings is 1. The standard InChI is InChI=1S/C18H20BrNO5S/c1-18(2,3)25-12(21)9-24-14-13(19)15(26-16(14)17(22)23-4)10-5-7-11(20)8-6-10/h5-8H,9,20H2,1-4H3. The number of nitrogen functional groups attached to an aromatic ring is 1. The zero-order chi connectivity index (χ0) is 19.5. The summed E-state index contributed by atoms with van der Waals surface area (Å²) in [5, 5.41) is 0. The number of hydrogen-bond donors (Lipinski definition) is 1. The molecule has 1 heterocycles. The Hall–Kier alpha value is -2.06. The van der Waals surface area contributed by atoms with Gasteiger partial charge in [0.15, 0.2) is 17.2 Å². The first-order chi connectivity index (χ1) is 12.1. The molecule has 0 spiro atoms. The van der Waals surface area contributed by atoms with E-state index in [9.17, 15) is 9.59 Å². The van der Waals surface area contributed by atoms with Gasteiger partial charge in [-0.3, -0.25) is 0 Å². The summed E-state index contributed by atoms with van der Waals surface area (Å²) < 4.78 is 16.2. The molecule has 0 unspecified atom stereocenters. The van der Waals surface area contributed by atoms with E-state index in [-0.39, 0.29) is 17.2 Å². The van der Waals surface area contributed by atoms with Crippen LogP contribution in [0.3, 0.4) is 0 Å². The molecule has 1 aromatic heterocycles. The molecule has 6 nitrogen and oxygen atoms in total. The molecule has 140 valence electrons. The fraction of sp³-hybridized carbons (Fsp3) is 0.333. The minimum absolute atomic E-state index is 0.250. The van der Waals surface area contributed by atoms with Crippen molar-refractivity contribution in [1.82, 2.24) is 0 Å². The maximum Gasteiger partial charge on any atom is 0.351 e. The van der Waals surface area contributed by atoms with Crippen molar-refractivity contribution in [3.63, 3.8) is 0 Å². The van der Waals surface area contributed by atoms with Crippen molar-refractivity contribution in [2.45, 2.75) is 26.4 Å². The van der Waals surface area contributed by atoms with Gasteiger partial charge in [0, 0.05) is 5.69 Å². The summed E-state index contributed by atoms with van der Waals surface area (Å²) in [7, 11) is 1.29. The average Bonchev–Trinajstić information content (AvgIpc) is 2.88. The van der Waals surface area contributed by atoms with Gasteiger partial charge >= 0.3 is 11.9 Å². The number of benzene rings is 1. The average molecular weight is 442 g/mol. The number of halogens is 1. The highest BCUT2D eigenvalue weighted by Gasteiger charge is 2.26. The van der Waals surface area contributed by atoms with E-state index in [1.54, 1.807) is 32.9 Å². The molecule has 0 aliphatic heterocycles. The van der Waals surface area contributed by atoms with Crippen molar-refractivity contribution in [1.29, 1.82) is 0 Å². The Bertz CT molecular complexity index is 808. The summed E-state index contributed by atoms with van der Waals surface area (Å²) in [4.78, 5) is 25.1. The number of carbonyl (C=O) groups is 2. The molecule has 0 aliphatic rings. The van der Waals surface area contributed by atoms with E-state index in [4.69, 9.17) is 19.9 Å². The zero-order valence-corrected chi connectivity index (χ0v) is 17.3. The summed E-state index contributed by atoms with van der Waals surface area (Å²) in [6, 6.07) is 7.20. The van der Waals surface area contributed by atoms with Gasteiger partial charge in [-0.25, -0.2) is 9.59 Å². The van der Waals surface area contributed by atoms with Crippen LogP contribution in [0.1, 0.15) is 30.4 Å². The highest BCUT2D eigenvalue weighted by atomic mass is 79.9. The molecule has 0 amide bonds. The molecule has 0 aliphatic carbocycles. The minimum atomic E-state index is -0.618. The van der Waals surface area contributed by atoms with Gasteiger partial charge in [0.25, 0.3) is 0 Å². The van der Waals surface area contributed by atoms with E-state index in [1.165, 1.54) is 18.4 Å². The van der Waals surface area contributed by atoms with E-state index in [0.717, 1.165) is 10.4 Å². The van der Waals surface area contributed by atoms with Crippen LogP contribution in [0, 0.1) is 0 Å². The normalized spacial score (nSPS) is 11.1. The van der Waals surface area contributed by atoms with Crippen molar-refractivity contribution in [3.8, 4) is 16.2 Å². The molecule has 0 fully saturated rings. The van der Waals surface area contributed by atoms with E-state index < -0.39 is 17.5 Å². The number of ether oxygens (including phenoxy) is 3. The quantitative estimate of drug-likeness (QED) is 0.550. The van der Waals surface area contributed by atoms with Gasteiger partial charge in [0.2, 0.25) is 0 Å². The van der Waals surface area contributed by atoms with E-state index >= 15 is 0 Å². The molecule has 2 rings (SSSR count).